The van der Waals surface area contributed by atoms with Crippen LogP contribution in [0.4, 0.5) is 5.13 Å². The van der Waals surface area contributed by atoms with E-state index < -0.39 is 0 Å². The zero-order valence-corrected chi connectivity index (χ0v) is 17.6. The van der Waals surface area contributed by atoms with Crippen molar-refractivity contribution in [1.82, 2.24) is 10.3 Å². The summed E-state index contributed by atoms with van der Waals surface area (Å²) in [7, 11) is 0. The average molecular weight is 394 g/mol. The third kappa shape index (κ3) is 4.04. The number of nitrogens with one attached hydrogen (secondary N) is 1. The van der Waals surface area contributed by atoms with Crippen LogP contribution in [-0.2, 0) is 11.3 Å². The molecule has 5 heteroatoms. The molecule has 0 saturated carbocycles. The van der Waals surface area contributed by atoms with Gasteiger partial charge in [0.15, 0.2) is 5.13 Å². The molecule has 28 heavy (non-hydrogen) atoms. The predicted molar refractivity (Wildman–Crippen MR) is 117 cm³/mol. The van der Waals surface area contributed by atoms with Crippen LogP contribution in [0.25, 0.3) is 10.2 Å². The summed E-state index contributed by atoms with van der Waals surface area (Å²) in [6.45, 7) is 8.63. The molecule has 4 nitrogen and oxygen atoms in total. The SMILES string of the molecule is Cc1ccc(CNC(=O)C2CCCN(c3nc4c(C)cc(C)cc4s3)C2)cc1. The third-order valence-electron chi connectivity index (χ3n) is 5.47. The first-order chi connectivity index (χ1) is 13.5. The minimum atomic E-state index is 0.0223. The van der Waals surface area contributed by atoms with Gasteiger partial charge in [0.2, 0.25) is 5.91 Å². The summed E-state index contributed by atoms with van der Waals surface area (Å²) in [5.41, 5.74) is 5.97. The van der Waals surface area contributed by atoms with Gasteiger partial charge in [0.25, 0.3) is 0 Å². The lowest BCUT2D eigenvalue weighted by Crippen LogP contribution is -2.42. The van der Waals surface area contributed by atoms with Gasteiger partial charge in [-0.3, -0.25) is 4.79 Å². The Kier molecular flexibility index (Phi) is 5.36. The summed E-state index contributed by atoms with van der Waals surface area (Å²) in [5, 5.41) is 4.16. The Morgan fingerprint density at radius 3 is 2.75 bits per heavy atom. The van der Waals surface area contributed by atoms with Crippen LogP contribution < -0.4 is 10.2 Å². The van der Waals surface area contributed by atoms with Crippen molar-refractivity contribution in [2.45, 2.75) is 40.2 Å². The van der Waals surface area contributed by atoms with Crippen molar-refractivity contribution in [1.29, 1.82) is 0 Å². The van der Waals surface area contributed by atoms with Gasteiger partial charge in [-0.1, -0.05) is 47.2 Å². The van der Waals surface area contributed by atoms with Crippen molar-refractivity contribution < 1.29 is 4.79 Å². The lowest BCUT2D eigenvalue weighted by Gasteiger charge is -2.31. The molecule has 146 valence electrons. The molecule has 1 saturated heterocycles. The molecule has 1 amide bonds. The first-order valence-electron chi connectivity index (χ1n) is 9.95. The number of carbonyl (C=O) groups excluding carboxylic acids is 1. The molecule has 1 aromatic heterocycles. The summed E-state index contributed by atoms with van der Waals surface area (Å²) >= 11 is 1.74. The Labute approximate surface area is 170 Å². The molecule has 1 N–H and O–H groups in total. The highest BCUT2D eigenvalue weighted by atomic mass is 32.1. The number of aryl methyl sites for hydroxylation is 3. The van der Waals surface area contributed by atoms with Gasteiger partial charge in [-0.25, -0.2) is 4.98 Å². The number of fused-ring (bicyclic) bond motifs is 1. The van der Waals surface area contributed by atoms with Crippen molar-refractivity contribution in [3.63, 3.8) is 0 Å². The molecule has 1 fully saturated rings. The Bertz CT molecular complexity index is 993. The van der Waals surface area contributed by atoms with E-state index in [0.717, 1.165) is 42.1 Å². The number of anilines is 1. The zero-order chi connectivity index (χ0) is 19.7. The minimum absolute atomic E-state index is 0.0223. The Morgan fingerprint density at radius 2 is 1.96 bits per heavy atom. The fourth-order valence-electron chi connectivity index (χ4n) is 3.90. The van der Waals surface area contributed by atoms with Gasteiger partial charge in [0.1, 0.15) is 0 Å². The van der Waals surface area contributed by atoms with Crippen molar-refractivity contribution in [2.24, 2.45) is 5.92 Å². The predicted octanol–water partition coefficient (Wildman–Crippen LogP) is 4.75. The van der Waals surface area contributed by atoms with E-state index in [2.05, 4.69) is 67.4 Å². The van der Waals surface area contributed by atoms with E-state index in [1.54, 1.807) is 11.3 Å². The molecule has 2 aromatic carbocycles. The number of carbonyl (C=O) groups is 1. The number of hydrogen-bond acceptors (Lipinski definition) is 4. The summed E-state index contributed by atoms with van der Waals surface area (Å²) in [6.07, 6.45) is 1.97. The second-order valence-electron chi connectivity index (χ2n) is 7.91. The molecule has 4 rings (SSSR count). The highest BCUT2D eigenvalue weighted by Gasteiger charge is 2.27. The molecular weight excluding hydrogens is 366 g/mol. The maximum atomic E-state index is 12.7. The van der Waals surface area contributed by atoms with Gasteiger partial charge in [-0.15, -0.1) is 0 Å². The molecule has 1 atom stereocenters. The number of amides is 1. The monoisotopic (exact) mass is 393 g/mol. The molecule has 1 aliphatic heterocycles. The van der Waals surface area contributed by atoms with E-state index in [4.69, 9.17) is 4.98 Å². The fourth-order valence-corrected chi connectivity index (χ4v) is 5.08. The van der Waals surface area contributed by atoms with Crippen LogP contribution in [0.15, 0.2) is 36.4 Å². The van der Waals surface area contributed by atoms with Gasteiger partial charge >= 0.3 is 0 Å². The largest absolute Gasteiger partial charge is 0.352 e. The van der Waals surface area contributed by atoms with Crippen LogP contribution >= 0.6 is 11.3 Å². The molecule has 0 bridgehead atoms. The first-order valence-corrected chi connectivity index (χ1v) is 10.8. The van der Waals surface area contributed by atoms with Crippen molar-refractivity contribution >= 4 is 32.6 Å². The molecule has 1 aliphatic rings. The Morgan fingerprint density at radius 1 is 1.18 bits per heavy atom. The van der Waals surface area contributed by atoms with Crippen molar-refractivity contribution in [3.05, 3.63) is 58.7 Å². The number of benzene rings is 2. The second kappa shape index (κ2) is 7.92. The number of thiazole rings is 1. The van der Waals surface area contributed by atoms with E-state index in [1.165, 1.54) is 21.4 Å². The molecule has 0 spiro atoms. The molecule has 2 heterocycles. The molecule has 1 unspecified atom stereocenters. The highest BCUT2D eigenvalue weighted by Crippen LogP contribution is 2.33. The summed E-state index contributed by atoms with van der Waals surface area (Å²) in [6, 6.07) is 12.7. The minimum Gasteiger partial charge on any atom is -0.352 e. The van der Waals surface area contributed by atoms with Crippen LogP contribution in [0.3, 0.4) is 0 Å². The van der Waals surface area contributed by atoms with E-state index in [1.807, 2.05) is 0 Å². The number of rotatable bonds is 4. The van der Waals surface area contributed by atoms with Crippen molar-refractivity contribution in [2.75, 3.05) is 18.0 Å². The fraction of sp³-hybridized carbons (Fsp3) is 0.391. The first kappa shape index (κ1) is 18.9. The van der Waals surface area contributed by atoms with Gasteiger partial charge < -0.3 is 10.2 Å². The van der Waals surface area contributed by atoms with E-state index in [-0.39, 0.29) is 11.8 Å². The summed E-state index contributed by atoms with van der Waals surface area (Å²) in [5.74, 6) is 0.174. The standard InChI is InChI=1S/C23H27N3OS/c1-15-6-8-18(9-7-15)13-24-22(27)19-5-4-10-26(14-19)23-25-21-17(3)11-16(2)12-20(21)28-23/h6-9,11-12,19H,4-5,10,13-14H2,1-3H3,(H,24,27). The maximum absolute atomic E-state index is 12.7. The van der Waals surface area contributed by atoms with Crippen LogP contribution in [0.5, 0.6) is 0 Å². The molecule has 0 aliphatic carbocycles. The van der Waals surface area contributed by atoms with Crippen LogP contribution in [0.2, 0.25) is 0 Å². The van der Waals surface area contributed by atoms with Gasteiger partial charge in [0.05, 0.1) is 16.1 Å². The van der Waals surface area contributed by atoms with E-state index in [0.29, 0.717) is 6.54 Å². The number of aromatic nitrogens is 1. The summed E-state index contributed by atoms with van der Waals surface area (Å²) in [4.78, 5) is 19.9. The number of piperidine rings is 1. The van der Waals surface area contributed by atoms with Gasteiger partial charge in [-0.05, 0) is 56.4 Å². The van der Waals surface area contributed by atoms with Crippen LogP contribution in [-0.4, -0.2) is 24.0 Å². The third-order valence-corrected chi connectivity index (χ3v) is 6.53. The Balaban J connectivity index is 1.43. The van der Waals surface area contributed by atoms with Crippen molar-refractivity contribution in [3.8, 4) is 0 Å². The van der Waals surface area contributed by atoms with Gasteiger partial charge in [0, 0.05) is 19.6 Å². The Hall–Kier alpha value is -2.40. The lowest BCUT2D eigenvalue weighted by molar-refractivity contribution is -0.125. The van der Waals surface area contributed by atoms with E-state index >= 15 is 0 Å². The topological polar surface area (TPSA) is 45.2 Å². The number of nitrogens with zero attached hydrogens (tertiary/aromatic N) is 2. The normalized spacial score (nSPS) is 17.1. The summed E-state index contributed by atoms with van der Waals surface area (Å²) < 4.78 is 1.23. The zero-order valence-electron chi connectivity index (χ0n) is 16.8. The van der Waals surface area contributed by atoms with Gasteiger partial charge in [-0.2, -0.15) is 0 Å². The average Bonchev–Trinajstić information content (AvgIpc) is 3.12. The van der Waals surface area contributed by atoms with Crippen LogP contribution in [0, 0.1) is 26.7 Å². The maximum Gasteiger partial charge on any atom is 0.225 e. The quantitative estimate of drug-likeness (QED) is 0.695. The van der Waals surface area contributed by atoms with Crippen LogP contribution in [0.1, 0.15) is 35.1 Å². The molecular formula is C23H27N3OS. The second-order valence-corrected chi connectivity index (χ2v) is 8.92. The smallest absolute Gasteiger partial charge is 0.225 e. The molecule has 3 aromatic rings. The van der Waals surface area contributed by atoms with E-state index in [9.17, 15) is 4.79 Å². The number of hydrogen-bond donors (Lipinski definition) is 1. The highest BCUT2D eigenvalue weighted by molar-refractivity contribution is 7.22. The lowest BCUT2D eigenvalue weighted by atomic mass is 9.97. The molecule has 0 radical (unpaired) electrons.